The summed E-state index contributed by atoms with van der Waals surface area (Å²) in [4.78, 5) is 37.2. The van der Waals surface area contributed by atoms with Crippen molar-refractivity contribution in [3.05, 3.63) is 120 Å². The number of aromatic nitrogens is 2. The first kappa shape index (κ1) is 23.4. The lowest BCUT2D eigenvalue weighted by Crippen LogP contribution is -2.30. The van der Waals surface area contributed by atoms with E-state index in [9.17, 15) is 9.59 Å². The molecule has 0 saturated carbocycles. The minimum atomic E-state index is -0.219. The predicted molar refractivity (Wildman–Crippen MR) is 142 cm³/mol. The van der Waals surface area contributed by atoms with Crippen LogP contribution in [0.1, 0.15) is 38.9 Å². The molecular formula is C29H23N3O3S. The standard InChI is InChI=1S/C29H23N3O3S/c1-2-35-24-15-16-25-26(18-24)36-29(31-25)32(19-23-10-6-7-17-30-23)28(34)22-13-11-21(12-14-22)27(33)20-8-4-3-5-9-20/h3-18H,2,19H2,1H3. The van der Waals surface area contributed by atoms with E-state index in [1.807, 2.05) is 61.5 Å². The predicted octanol–water partition coefficient (Wildman–Crippen LogP) is 6.17. The van der Waals surface area contributed by atoms with Crippen LogP contribution < -0.4 is 9.64 Å². The Morgan fingerprint density at radius 3 is 2.31 bits per heavy atom. The Morgan fingerprint density at radius 2 is 1.58 bits per heavy atom. The van der Waals surface area contributed by atoms with Gasteiger partial charge in [-0.15, -0.1) is 0 Å². The second-order valence-electron chi connectivity index (χ2n) is 8.04. The van der Waals surface area contributed by atoms with Crippen molar-refractivity contribution in [3.63, 3.8) is 0 Å². The molecule has 36 heavy (non-hydrogen) atoms. The molecule has 0 unspecified atom stereocenters. The van der Waals surface area contributed by atoms with Crippen LogP contribution in [0.5, 0.6) is 5.75 Å². The molecule has 5 rings (SSSR count). The maximum Gasteiger partial charge on any atom is 0.260 e. The molecule has 0 radical (unpaired) electrons. The second-order valence-corrected chi connectivity index (χ2v) is 9.05. The fraction of sp³-hybridized carbons (Fsp3) is 0.103. The average molecular weight is 494 g/mol. The highest BCUT2D eigenvalue weighted by Crippen LogP contribution is 2.33. The quantitative estimate of drug-likeness (QED) is 0.242. The monoisotopic (exact) mass is 493 g/mol. The first-order chi connectivity index (χ1) is 17.6. The fourth-order valence-electron chi connectivity index (χ4n) is 3.82. The summed E-state index contributed by atoms with van der Waals surface area (Å²) in [6.07, 6.45) is 1.70. The zero-order valence-electron chi connectivity index (χ0n) is 19.6. The average Bonchev–Trinajstić information content (AvgIpc) is 3.35. The minimum Gasteiger partial charge on any atom is -0.494 e. The number of carbonyl (C=O) groups excluding carboxylic acids is 2. The van der Waals surface area contributed by atoms with Gasteiger partial charge in [-0.05, 0) is 49.4 Å². The lowest BCUT2D eigenvalue weighted by atomic mass is 10.0. The number of benzene rings is 3. The number of anilines is 1. The summed E-state index contributed by atoms with van der Waals surface area (Å²) >= 11 is 1.43. The maximum atomic E-state index is 13.7. The highest BCUT2D eigenvalue weighted by atomic mass is 32.1. The maximum absolute atomic E-state index is 13.7. The van der Waals surface area contributed by atoms with Gasteiger partial charge in [0.05, 0.1) is 29.1 Å². The van der Waals surface area contributed by atoms with Crippen LogP contribution in [0.2, 0.25) is 0 Å². The number of amides is 1. The number of nitrogens with zero attached hydrogens (tertiary/aromatic N) is 3. The molecule has 178 valence electrons. The Morgan fingerprint density at radius 1 is 0.861 bits per heavy atom. The van der Waals surface area contributed by atoms with Crippen LogP contribution in [0.15, 0.2) is 97.2 Å². The highest BCUT2D eigenvalue weighted by Gasteiger charge is 2.23. The fourth-order valence-corrected chi connectivity index (χ4v) is 4.81. The van der Waals surface area contributed by atoms with Crippen molar-refractivity contribution in [1.29, 1.82) is 0 Å². The van der Waals surface area contributed by atoms with Gasteiger partial charge >= 0.3 is 0 Å². The van der Waals surface area contributed by atoms with Crippen LogP contribution >= 0.6 is 11.3 Å². The summed E-state index contributed by atoms with van der Waals surface area (Å²) in [6, 6.07) is 27.1. The van der Waals surface area contributed by atoms with E-state index >= 15 is 0 Å². The van der Waals surface area contributed by atoms with Gasteiger partial charge in [-0.25, -0.2) is 4.98 Å². The Hall–Kier alpha value is -4.36. The highest BCUT2D eigenvalue weighted by molar-refractivity contribution is 7.22. The van der Waals surface area contributed by atoms with Crippen molar-refractivity contribution in [1.82, 2.24) is 9.97 Å². The van der Waals surface area contributed by atoms with Crippen molar-refractivity contribution < 1.29 is 14.3 Å². The van der Waals surface area contributed by atoms with E-state index in [1.165, 1.54) is 11.3 Å². The number of ketones is 1. The summed E-state index contributed by atoms with van der Waals surface area (Å²) in [6.45, 7) is 2.78. The van der Waals surface area contributed by atoms with Crippen LogP contribution in [0.3, 0.4) is 0 Å². The van der Waals surface area contributed by atoms with Gasteiger partial charge in [-0.1, -0.05) is 59.9 Å². The SMILES string of the molecule is CCOc1ccc2nc(N(Cc3ccccn3)C(=O)c3ccc(C(=O)c4ccccc4)cc3)sc2c1. The van der Waals surface area contributed by atoms with Crippen molar-refractivity contribution >= 4 is 38.4 Å². The number of pyridine rings is 1. The third-order valence-corrected chi connectivity index (χ3v) is 6.65. The minimum absolute atomic E-state index is 0.0868. The molecule has 5 aromatic rings. The smallest absolute Gasteiger partial charge is 0.260 e. The molecule has 0 N–H and O–H groups in total. The van der Waals surface area contributed by atoms with Gasteiger partial charge in [-0.2, -0.15) is 0 Å². The third kappa shape index (κ3) is 5.01. The summed E-state index contributed by atoms with van der Waals surface area (Å²) in [5.41, 5.74) is 3.13. The Kier molecular flexibility index (Phi) is 6.82. The molecule has 0 fully saturated rings. The number of hydrogen-bond donors (Lipinski definition) is 0. The van der Waals surface area contributed by atoms with Gasteiger partial charge in [0.1, 0.15) is 5.75 Å². The molecule has 3 aromatic carbocycles. The molecule has 2 heterocycles. The molecule has 0 atom stereocenters. The Balaban J connectivity index is 1.47. The first-order valence-electron chi connectivity index (χ1n) is 11.6. The summed E-state index contributed by atoms with van der Waals surface area (Å²) in [5.74, 6) is 0.459. The van der Waals surface area contributed by atoms with Crippen LogP contribution in [-0.4, -0.2) is 28.3 Å². The van der Waals surface area contributed by atoms with Gasteiger partial charge in [-0.3, -0.25) is 19.5 Å². The molecule has 2 aromatic heterocycles. The molecule has 7 heteroatoms. The van der Waals surface area contributed by atoms with Crippen LogP contribution in [0, 0.1) is 0 Å². The van der Waals surface area contributed by atoms with E-state index in [-0.39, 0.29) is 18.2 Å². The van der Waals surface area contributed by atoms with Gasteiger partial charge < -0.3 is 4.74 Å². The molecule has 0 spiro atoms. The molecule has 1 amide bonds. The van der Waals surface area contributed by atoms with Gasteiger partial charge in [0, 0.05) is 22.9 Å². The second kappa shape index (κ2) is 10.5. The van der Waals surface area contributed by atoms with E-state index in [4.69, 9.17) is 9.72 Å². The molecule has 0 aliphatic heterocycles. The number of ether oxygens (including phenoxy) is 1. The molecule has 0 bridgehead atoms. The lowest BCUT2D eigenvalue weighted by Gasteiger charge is -2.19. The number of fused-ring (bicyclic) bond motifs is 1. The zero-order valence-corrected chi connectivity index (χ0v) is 20.4. The summed E-state index contributed by atoms with van der Waals surface area (Å²) < 4.78 is 6.55. The largest absolute Gasteiger partial charge is 0.494 e. The van der Waals surface area contributed by atoms with E-state index in [0.29, 0.717) is 28.4 Å². The lowest BCUT2D eigenvalue weighted by molar-refractivity contribution is 0.0982. The molecule has 0 saturated heterocycles. The van der Waals surface area contributed by atoms with E-state index in [0.717, 1.165) is 21.7 Å². The number of hydrogen-bond acceptors (Lipinski definition) is 6. The molecular weight excluding hydrogens is 470 g/mol. The van der Waals surface area contributed by atoms with Crippen LogP contribution in [0.4, 0.5) is 5.13 Å². The van der Waals surface area contributed by atoms with E-state index in [1.54, 1.807) is 47.5 Å². The van der Waals surface area contributed by atoms with E-state index < -0.39 is 0 Å². The van der Waals surface area contributed by atoms with Crippen LogP contribution in [-0.2, 0) is 6.54 Å². The van der Waals surface area contributed by atoms with Crippen molar-refractivity contribution in [2.75, 3.05) is 11.5 Å². The Bertz CT molecular complexity index is 1500. The Labute approximate surface area is 212 Å². The number of carbonyl (C=O) groups is 2. The van der Waals surface area contributed by atoms with Gasteiger partial charge in [0.15, 0.2) is 10.9 Å². The number of thiazole rings is 1. The van der Waals surface area contributed by atoms with Gasteiger partial charge in [0.25, 0.3) is 5.91 Å². The summed E-state index contributed by atoms with van der Waals surface area (Å²) in [5, 5.41) is 0.568. The van der Waals surface area contributed by atoms with Crippen LogP contribution in [0.25, 0.3) is 10.2 Å². The van der Waals surface area contributed by atoms with Crippen molar-refractivity contribution in [2.45, 2.75) is 13.5 Å². The molecule has 0 aliphatic carbocycles. The normalized spacial score (nSPS) is 10.8. The zero-order chi connectivity index (χ0) is 24.9. The van der Waals surface area contributed by atoms with E-state index in [2.05, 4.69) is 4.98 Å². The first-order valence-corrected chi connectivity index (χ1v) is 12.4. The topological polar surface area (TPSA) is 72.4 Å². The van der Waals surface area contributed by atoms with Crippen molar-refractivity contribution in [3.8, 4) is 5.75 Å². The summed E-state index contributed by atoms with van der Waals surface area (Å²) in [7, 11) is 0. The third-order valence-electron chi connectivity index (χ3n) is 5.61. The van der Waals surface area contributed by atoms with Gasteiger partial charge in [0.2, 0.25) is 0 Å². The molecule has 0 aliphatic rings. The van der Waals surface area contributed by atoms with Crippen molar-refractivity contribution in [2.24, 2.45) is 0 Å². The molecule has 6 nitrogen and oxygen atoms in total. The number of rotatable bonds is 8.